The van der Waals surface area contributed by atoms with Crippen molar-refractivity contribution in [2.24, 2.45) is 12.5 Å². The normalized spacial score (nSPS) is 23.0. The number of unbranched alkanes of at least 4 members (excludes halogenated alkanes) is 1. The Bertz CT molecular complexity index is 1120. The van der Waals surface area contributed by atoms with Crippen LogP contribution in [0.15, 0.2) is 35.1 Å². The van der Waals surface area contributed by atoms with Gasteiger partial charge in [0.25, 0.3) is 0 Å². The zero-order valence-electron chi connectivity index (χ0n) is 18.9. The third kappa shape index (κ3) is 4.30. The van der Waals surface area contributed by atoms with Gasteiger partial charge in [0.2, 0.25) is 5.82 Å². The van der Waals surface area contributed by atoms with Gasteiger partial charge in [-0.25, -0.2) is 4.98 Å². The molecule has 3 aromatic rings. The van der Waals surface area contributed by atoms with Gasteiger partial charge in [-0.2, -0.15) is 13.2 Å². The fourth-order valence-electron chi connectivity index (χ4n) is 5.26. The first-order valence-electron chi connectivity index (χ1n) is 11.5. The summed E-state index contributed by atoms with van der Waals surface area (Å²) < 4.78 is 45.9. The first-order chi connectivity index (χ1) is 15.8. The second-order valence-corrected chi connectivity index (χ2v) is 9.49. The number of alkyl halides is 3. The molecule has 33 heavy (non-hydrogen) atoms. The molecule has 3 heterocycles. The second-order valence-electron chi connectivity index (χ2n) is 9.49. The fourth-order valence-corrected chi connectivity index (χ4v) is 5.26. The summed E-state index contributed by atoms with van der Waals surface area (Å²) in [6.45, 7) is 5.03. The van der Waals surface area contributed by atoms with Crippen LogP contribution in [-0.2, 0) is 19.6 Å². The molecule has 1 spiro atoms. The third-order valence-electron chi connectivity index (χ3n) is 7.33. The molecule has 2 aliphatic rings. The first-order valence-corrected chi connectivity index (χ1v) is 11.5. The molecule has 0 radical (unpaired) electrons. The molecule has 9 heteroatoms. The lowest BCUT2D eigenvalue weighted by Crippen LogP contribution is -2.22. The zero-order chi connectivity index (χ0) is 23.2. The number of hydrogen-bond acceptors (Lipinski definition) is 5. The van der Waals surface area contributed by atoms with Crippen LogP contribution in [0.25, 0.3) is 11.6 Å². The fraction of sp³-hybridized carbons (Fsp3) is 0.542. The lowest BCUT2D eigenvalue weighted by Gasteiger charge is -2.16. The van der Waals surface area contributed by atoms with Crippen molar-refractivity contribution in [3.8, 4) is 11.6 Å². The molecule has 5 rings (SSSR count). The van der Waals surface area contributed by atoms with E-state index in [0.717, 1.165) is 68.8 Å². The van der Waals surface area contributed by atoms with Gasteiger partial charge in [-0.15, -0.1) is 10.2 Å². The van der Waals surface area contributed by atoms with E-state index in [2.05, 4.69) is 20.1 Å². The molecule has 2 atom stereocenters. The molecule has 1 aliphatic carbocycles. The van der Waals surface area contributed by atoms with Gasteiger partial charge in [-0.1, -0.05) is 12.1 Å². The van der Waals surface area contributed by atoms with Gasteiger partial charge in [0.15, 0.2) is 12.2 Å². The second kappa shape index (κ2) is 8.27. The number of aryl methyl sites for hydroxylation is 2. The smallest absolute Gasteiger partial charge is 0.416 e. The minimum Gasteiger partial charge on any atom is -0.440 e. The predicted molar refractivity (Wildman–Crippen MR) is 116 cm³/mol. The van der Waals surface area contributed by atoms with E-state index in [9.17, 15) is 13.2 Å². The number of nitrogens with zero attached hydrogens (tertiary/aromatic N) is 5. The third-order valence-corrected chi connectivity index (χ3v) is 7.33. The summed E-state index contributed by atoms with van der Waals surface area (Å²) in [5, 5.41) is 8.59. The van der Waals surface area contributed by atoms with Gasteiger partial charge in [0.1, 0.15) is 5.82 Å². The standard InChI is InChI=1S/C24H28F3N5O/c1-16-21(33-15-28-16)22-30-29-20(31(22)2)5-3-4-11-32-12-10-23(14-32)13-19(23)17-6-8-18(9-7-17)24(25,26)27/h6-9,15,19H,3-5,10-14H2,1-2H3. The van der Waals surface area contributed by atoms with Crippen molar-refractivity contribution < 1.29 is 17.6 Å². The van der Waals surface area contributed by atoms with Crippen molar-refractivity contribution in [1.82, 2.24) is 24.6 Å². The summed E-state index contributed by atoms with van der Waals surface area (Å²) in [7, 11) is 1.95. The number of likely N-dealkylation sites (tertiary alicyclic amines) is 1. The van der Waals surface area contributed by atoms with E-state index in [1.54, 1.807) is 12.1 Å². The lowest BCUT2D eigenvalue weighted by molar-refractivity contribution is -0.137. The van der Waals surface area contributed by atoms with Crippen molar-refractivity contribution in [3.63, 3.8) is 0 Å². The molecule has 2 unspecified atom stereocenters. The van der Waals surface area contributed by atoms with Crippen LogP contribution >= 0.6 is 0 Å². The molecule has 1 aliphatic heterocycles. The van der Waals surface area contributed by atoms with Crippen molar-refractivity contribution in [3.05, 3.63) is 53.3 Å². The molecular weight excluding hydrogens is 431 g/mol. The van der Waals surface area contributed by atoms with Crippen LogP contribution in [0.4, 0.5) is 13.2 Å². The molecule has 2 aromatic heterocycles. The lowest BCUT2D eigenvalue weighted by atomic mass is 9.97. The van der Waals surface area contributed by atoms with Crippen molar-refractivity contribution >= 4 is 0 Å². The van der Waals surface area contributed by atoms with Crippen LogP contribution in [0.2, 0.25) is 0 Å². The van der Waals surface area contributed by atoms with Crippen molar-refractivity contribution in [1.29, 1.82) is 0 Å². The predicted octanol–water partition coefficient (Wildman–Crippen LogP) is 5.00. The van der Waals surface area contributed by atoms with Crippen LogP contribution in [-0.4, -0.2) is 44.3 Å². The average Bonchev–Trinajstić information content (AvgIpc) is 3.05. The van der Waals surface area contributed by atoms with Crippen LogP contribution in [0.3, 0.4) is 0 Å². The Kier molecular flexibility index (Phi) is 5.55. The summed E-state index contributed by atoms with van der Waals surface area (Å²) in [6, 6.07) is 5.77. The summed E-state index contributed by atoms with van der Waals surface area (Å²) >= 11 is 0. The molecule has 1 saturated carbocycles. The number of hydrogen-bond donors (Lipinski definition) is 0. The van der Waals surface area contributed by atoms with E-state index < -0.39 is 11.7 Å². The highest BCUT2D eigenvalue weighted by molar-refractivity contribution is 5.49. The van der Waals surface area contributed by atoms with Gasteiger partial charge < -0.3 is 13.9 Å². The molecule has 1 aromatic carbocycles. The van der Waals surface area contributed by atoms with Crippen LogP contribution in [0, 0.1) is 12.3 Å². The van der Waals surface area contributed by atoms with Crippen molar-refractivity contribution in [2.75, 3.05) is 19.6 Å². The maximum Gasteiger partial charge on any atom is 0.416 e. The summed E-state index contributed by atoms with van der Waals surface area (Å²) in [4.78, 5) is 6.62. The first kappa shape index (κ1) is 22.1. The number of aromatic nitrogens is 4. The van der Waals surface area contributed by atoms with Gasteiger partial charge in [-0.05, 0) is 74.7 Å². The Morgan fingerprint density at radius 1 is 1.15 bits per heavy atom. The Labute approximate surface area is 190 Å². The Balaban J connectivity index is 1.09. The zero-order valence-corrected chi connectivity index (χ0v) is 18.9. The minimum atomic E-state index is -4.27. The Hall–Kier alpha value is -2.68. The Morgan fingerprint density at radius 3 is 2.64 bits per heavy atom. The Morgan fingerprint density at radius 2 is 1.94 bits per heavy atom. The molecule has 0 bridgehead atoms. The van der Waals surface area contributed by atoms with E-state index in [4.69, 9.17) is 4.42 Å². The topological polar surface area (TPSA) is 60.0 Å². The van der Waals surface area contributed by atoms with E-state index in [1.807, 2.05) is 18.5 Å². The highest BCUT2D eigenvalue weighted by atomic mass is 19.4. The van der Waals surface area contributed by atoms with Crippen LogP contribution < -0.4 is 0 Å². The molecule has 1 saturated heterocycles. The van der Waals surface area contributed by atoms with E-state index >= 15 is 0 Å². The maximum atomic E-state index is 12.8. The van der Waals surface area contributed by atoms with E-state index in [-0.39, 0.29) is 5.41 Å². The SMILES string of the molecule is Cc1ncoc1-c1nnc(CCCCN2CCC3(CC3c3ccc(C(F)(F)F)cc3)C2)n1C. The largest absolute Gasteiger partial charge is 0.440 e. The van der Waals surface area contributed by atoms with Gasteiger partial charge >= 0.3 is 6.18 Å². The number of oxazole rings is 1. The summed E-state index contributed by atoms with van der Waals surface area (Å²) in [5.74, 6) is 2.68. The number of benzene rings is 1. The highest BCUT2D eigenvalue weighted by Crippen LogP contribution is 2.64. The maximum absolute atomic E-state index is 12.8. The van der Waals surface area contributed by atoms with Crippen molar-refractivity contribution in [2.45, 2.75) is 51.1 Å². The molecule has 2 fully saturated rings. The molecule has 0 N–H and O–H groups in total. The number of halogens is 3. The molecule has 0 amide bonds. The van der Waals surface area contributed by atoms with Gasteiger partial charge in [0.05, 0.1) is 11.3 Å². The van der Waals surface area contributed by atoms with E-state index in [1.165, 1.54) is 18.5 Å². The van der Waals surface area contributed by atoms with Gasteiger partial charge in [-0.3, -0.25) is 0 Å². The monoisotopic (exact) mass is 459 g/mol. The van der Waals surface area contributed by atoms with Crippen LogP contribution in [0.1, 0.15) is 54.2 Å². The number of rotatable bonds is 7. The van der Waals surface area contributed by atoms with Gasteiger partial charge in [0, 0.05) is 20.0 Å². The molecule has 6 nitrogen and oxygen atoms in total. The average molecular weight is 460 g/mol. The highest BCUT2D eigenvalue weighted by Gasteiger charge is 2.57. The van der Waals surface area contributed by atoms with E-state index in [0.29, 0.717) is 17.5 Å². The minimum absolute atomic E-state index is 0.257. The summed E-state index contributed by atoms with van der Waals surface area (Å²) in [6.07, 6.45) is 2.30. The molecular formula is C24H28F3N5O. The summed E-state index contributed by atoms with van der Waals surface area (Å²) in [5.41, 5.74) is 1.53. The molecule has 176 valence electrons. The quantitative estimate of drug-likeness (QED) is 0.466. The van der Waals surface area contributed by atoms with Crippen LogP contribution in [0.5, 0.6) is 0 Å².